The molecule has 0 radical (unpaired) electrons. The van der Waals surface area contributed by atoms with Gasteiger partial charge in [-0.3, -0.25) is 14.4 Å². The van der Waals surface area contributed by atoms with Gasteiger partial charge in [-0.2, -0.15) is 0 Å². The van der Waals surface area contributed by atoms with Crippen molar-refractivity contribution in [1.82, 2.24) is 0 Å². The lowest BCUT2D eigenvalue weighted by molar-refractivity contribution is -0.176. The van der Waals surface area contributed by atoms with Gasteiger partial charge in [-0.1, -0.05) is 101 Å². The number of carbonyl (C=O) groups is 3. The van der Waals surface area contributed by atoms with Crippen molar-refractivity contribution in [3.8, 4) is 0 Å². The predicted molar refractivity (Wildman–Crippen MR) is 148 cm³/mol. The van der Waals surface area contributed by atoms with Crippen LogP contribution < -0.4 is 10.4 Å². The Morgan fingerprint density at radius 3 is 1.61 bits per heavy atom. The maximum Gasteiger partial charge on any atom is 0.332 e. The summed E-state index contributed by atoms with van der Waals surface area (Å²) in [5.74, 6) is -5.48. The molecule has 0 aromatic heterocycles. The van der Waals surface area contributed by atoms with Crippen molar-refractivity contribution in [2.75, 3.05) is 6.61 Å². The van der Waals surface area contributed by atoms with Crippen molar-refractivity contribution in [2.45, 2.75) is 77.2 Å². The van der Waals surface area contributed by atoms with Crippen molar-refractivity contribution >= 4 is 36.6 Å². The molecule has 1 aliphatic carbocycles. The first-order valence-corrected chi connectivity index (χ1v) is 15.3. The predicted octanol–water partition coefficient (Wildman–Crippen LogP) is 4.92. The van der Waals surface area contributed by atoms with Gasteiger partial charge in [0.15, 0.2) is 0 Å². The summed E-state index contributed by atoms with van der Waals surface area (Å²) in [6.07, 6.45) is 4.91. The molecule has 0 unspecified atom stereocenters. The summed E-state index contributed by atoms with van der Waals surface area (Å²) in [6.45, 7) is 7.04. The highest BCUT2D eigenvalue weighted by molar-refractivity contribution is 6.99. The average Bonchev–Trinajstić information content (AvgIpc) is 2.87. The molecular formula is C30H40O7Si. The molecule has 2 aromatic rings. The first kappa shape index (κ1) is 29.6. The standard InChI is InChI=1S/C30H40O7Si/c1-28(2,3)38(23-13-7-4-8-14-23,24-15-9-5-10-16-24)37-22-21-29(17-11-6-12-18-29)19-20-30(25(31)32,26(33)34)27(35)36/h4-5,7-10,13-16H,6,11-12,17-22H2,1-3H3,(H,31,32)(H,33,34)(H,35,36). The van der Waals surface area contributed by atoms with E-state index in [1.807, 2.05) is 36.4 Å². The molecule has 38 heavy (non-hydrogen) atoms. The third kappa shape index (κ3) is 5.71. The van der Waals surface area contributed by atoms with Gasteiger partial charge in [0.1, 0.15) is 0 Å². The molecule has 2 aromatic carbocycles. The van der Waals surface area contributed by atoms with Gasteiger partial charge >= 0.3 is 17.9 Å². The third-order valence-electron chi connectivity index (χ3n) is 8.41. The number of benzene rings is 2. The second-order valence-electron chi connectivity index (χ2n) is 11.6. The minimum Gasteiger partial charge on any atom is -0.480 e. The lowest BCUT2D eigenvalue weighted by atomic mass is 9.66. The zero-order chi connectivity index (χ0) is 28.0. The minimum absolute atomic E-state index is 0.194. The number of hydrogen-bond donors (Lipinski definition) is 3. The molecule has 1 aliphatic rings. The molecule has 3 rings (SSSR count). The van der Waals surface area contributed by atoms with Crippen molar-refractivity contribution < 1.29 is 34.1 Å². The number of carboxylic acid groups (broad SMARTS) is 3. The smallest absolute Gasteiger partial charge is 0.332 e. The van der Waals surface area contributed by atoms with E-state index in [9.17, 15) is 29.7 Å². The molecule has 0 saturated heterocycles. The van der Waals surface area contributed by atoms with Crippen LogP contribution in [0.25, 0.3) is 0 Å². The molecule has 1 saturated carbocycles. The van der Waals surface area contributed by atoms with Crippen LogP contribution in [0.2, 0.25) is 5.04 Å². The van der Waals surface area contributed by atoms with E-state index in [4.69, 9.17) is 4.43 Å². The number of carboxylic acids is 3. The summed E-state index contributed by atoms with van der Waals surface area (Å²) in [5, 5.41) is 31.0. The van der Waals surface area contributed by atoms with E-state index in [1.54, 1.807) is 0 Å². The lowest BCUT2D eigenvalue weighted by Gasteiger charge is -2.45. The molecule has 0 aliphatic heterocycles. The molecule has 3 N–H and O–H groups in total. The maximum absolute atomic E-state index is 11.9. The highest BCUT2D eigenvalue weighted by Crippen LogP contribution is 2.46. The Kier molecular flexibility index (Phi) is 9.20. The van der Waals surface area contributed by atoms with Crippen molar-refractivity contribution in [1.29, 1.82) is 0 Å². The van der Waals surface area contributed by atoms with E-state index < -0.39 is 38.1 Å². The summed E-state index contributed by atoms with van der Waals surface area (Å²) in [4.78, 5) is 35.6. The fraction of sp³-hybridized carbons (Fsp3) is 0.500. The SMILES string of the molecule is CC(C)(C)[Si](OCCC1(CCC(C(=O)O)(C(=O)O)C(=O)O)CCCCC1)(c1ccccc1)c1ccccc1. The molecule has 0 amide bonds. The fourth-order valence-electron chi connectivity index (χ4n) is 6.16. The Labute approximate surface area is 226 Å². The average molecular weight is 541 g/mol. The normalized spacial score (nSPS) is 16.1. The highest BCUT2D eigenvalue weighted by Gasteiger charge is 2.55. The highest BCUT2D eigenvalue weighted by atomic mass is 28.4. The summed E-state index contributed by atoms with van der Waals surface area (Å²) in [5.41, 5.74) is -3.21. The van der Waals surface area contributed by atoms with E-state index in [-0.39, 0.29) is 16.9 Å². The molecule has 0 atom stereocenters. The number of hydrogen-bond acceptors (Lipinski definition) is 4. The third-order valence-corrected chi connectivity index (χ3v) is 13.4. The van der Waals surface area contributed by atoms with Crippen LogP contribution in [-0.4, -0.2) is 48.2 Å². The van der Waals surface area contributed by atoms with Crippen molar-refractivity contribution in [2.24, 2.45) is 10.8 Å². The molecule has 8 heteroatoms. The van der Waals surface area contributed by atoms with Crippen LogP contribution in [0.3, 0.4) is 0 Å². The van der Waals surface area contributed by atoms with E-state index >= 15 is 0 Å². The second kappa shape index (κ2) is 11.8. The van der Waals surface area contributed by atoms with E-state index in [0.717, 1.165) is 42.5 Å². The molecular weight excluding hydrogens is 500 g/mol. The van der Waals surface area contributed by atoms with Gasteiger partial charge in [-0.05, 0) is 52.9 Å². The quantitative estimate of drug-likeness (QED) is 0.258. The van der Waals surface area contributed by atoms with Gasteiger partial charge in [0, 0.05) is 6.61 Å². The lowest BCUT2D eigenvalue weighted by Crippen LogP contribution is -2.66. The van der Waals surface area contributed by atoms with Gasteiger partial charge < -0.3 is 19.7 Å². The van der Waals surface area contributed by atoms with Crippen molar-refractivity contribution in [3.63, 3.8) is 0 Å². The Morgan fingerprint density at radius 1 is 0.763 bits per heavy atom. The van der Waals surface area contributed by atoms with Crippen LogP contribution in [0.15, 0.2) is 60.7 Å². The van der Waals surface area contributed by atoms with E-state index in [0.29, 0.717) is 13.0 Å². The topological polar surface area (TPSA) is 121 Å². The van der Waals surface area contributed by atoms with Crippen LogP contribution in [0.5, 0.6) is 0 Å². The van der Waals surface area contributed by atoms with Crippen LogP contribution in [-0.2, 0) is 18.8 Å². The molecule has 1 fully saturated rings. The monoisotopic (exact) mass is 540 g/mol. The summed E-state index contributed by atoms with van der Waals surface area (Å²) >= 11 is 0. The Bertz CT molecular complexity index is 1030. The number of aliphatic carboxylic acids is 3. The zero-order valence-electron chi connectivity index (χ0n) is 22.6. The van der Waals surface area contributed by atoms with Crippen LogP contribution in [0, 0.1) is 10.8 Å². The van der Waals surface area contributed by atoms with Crippen molar-refractivity contribution in [3.05, 3.63) is 60.7 Å². The first-order valence-electron chi connectivity index (χ1n) is 13.4. The van der Waals surface area contributed by atoms with Gasteiger partial charge in [0.25, 0.3) is 13.7 Å². The number of rotatable bonds is 12. The Balaban J connectivity index is 1.93. The van der Waals surface area contributed by atoms with Gasteiger partial charge in [-0.25, -0.2) is 0 Å². The van der Waals surface area contributed by atoms with E-state index in [1.165, 1.54) is 0 Å². The van der Waals surface area contributed by atoms with Gasteiger partial charge in [0.2, 0.25) is 0 Å². The first-order chi connectivity index (χ1) is 17.9. The molecule has 0 spiro atoms. The molecule has 206 valence electrons. The van der Waals surface area contributed by atoms with Gasteiger partial charge in [0.05, 0.1) is 0 Å². The van der Waals surface area contributed by atoms with Crippen LogP contribution in [0.4, 0.5) is 0 Å². The Hall–Kier alpha value is -2.97. The van der Waals surface area contributed by atoms with Gasteiger partial charge in [-0.15, -0.1) is 0 Å². The molecule has 7 nitrogen and oxygen atoms in total. The van der Waals surface area contributed by atoms with Crippen LogP contribution in [0.1, 0.15) is 72.1 Å². The maximum atomic E-state index is 11.9. The van der Waals surface area contributed by atoms with E-state index in [2.05, 4.69) is 45.0 Å². The summed E-state index contributed by atoms with van der Waals surface area (Å²) in [7, 11) is -2.76. The zero-order valence-corrected chi connectivity index (χ0v) is 23.6. The minimum atomic E-state index is -2.84. The summed E-state index contributed by atoms with van der Waals surface area (Å²) < 4.78 is 7.06. The second-order valence-corrected chi connectivity index (χ2v) is 15.9. The fourth-order valence-corrected chi connectivity index (χ4v) is 10.7. The Morgan fingerprint density at radius 2 is 1.21 bits per heavy atom. The molecule has 0 heterocycles. The van der Waals surface area contributed by atoms with Crippen LogP contribution >= 0.6 is 0 Å². The largest absolute Gasteiger partial charge is 0.480 e. The summed E-state index contributed by atoms with van der Waals surface area (Å²) in [6, 6.07) is 20.6. The molecule has 0 bridgehead atoms.